The number of benzene rings is 3. The van der Waals surface area contributed by atoms with Crippen LogP contribution >= 0.6 is 23.1 Å². The summed E-state index contributed by atoms with van der Waals surface area (Å²) in [6.07, 6.45) is 6.47. The molecule has 0 unspecified atom stereocenters. The van der Waals surface area contributed by atoms with E-state index >= 15 is 0 Å². The van der Waals surface area contributed by atoms with Gasteiger partial charge in [-0.25, -0.2) is 9.78 Å². The predicted molar refractivity (Wildman–Crippen MR) is 183 cm³/mol. The Kier molecular flexibility index (Phi) is 8.31. The number of carbonyl (C=O) groups is 1. The Labute approximate surface area is 278 Å². The van der Waals surface area contributed by atoms with E-state index in [1.54, 1.807) is 23.1 Å². The summed E-state index contributed by atoms with van der Waals surface area (Å²) in [6, 6.07) is 24.0. The molecule has 3 aromatic carbocycles. The molecule has 1 saturated heterocycles. The first-order valence-electron chi connectivity index (χ1n) is 16.6. The van der Waals surface area contributed by atoms with Crippen LogP contribution in [0, 0.1) is 23.7 Å². The van der Waals surface area contributed by atoms with Crippen molar-refractivity contribution in [3.8, 4) is 0 Å². The van der Waals surface area contributed by atoms with Gasteiger partial charge in [-0.1, -0.05) is 67.2 Å². The highest BCUT2D eigenvalue weighted by molar-refractivity contribution is 8.01. The maximum Gasteiger partial charge on any atom is 0.319 e. The Morgan fingerprint density at radius 1 is 0.957 bits per heavy atom. The van der Waals surface area contributed by atoms with E-state index < -0.39 is 6.29 Å². The number of rotatable bonds is 8. The highest BCUT2D eigenvalue weighted by Gasteiger charge is 2.51. The molecule has 3 N–H and O–H groups in total. The van der Waals surface area contributed by atoms with Gasteiger partial charge in [-0.15, -0.1) is 11.3 Å². The molecule has 0 spiro atoms. The van der Waals surface area contributed by atoms with Gasteiger partial charge in [0.05, 0.1) is 29.0 Å². The van der Waals surface area contributed by atoms with Gasteiger partial charge in [0.1, 0.15) is 0 Å². The second-order valence-corrected chi connectivity index (χ2v) is 16.3. The molecule has 1 aromatic heterocycles. The number of hydrogen-bond donors (Lipinski definition) is 3. The molecular formula is C37H41N3O4S2. The van der Waals surface area contributed by atoms with Crippen molar-refractivity contribution < 1.29 is 19.4 Å². The highest BCUT2D eigenvalue weighted by Crippen LogP contribution is 2.55. The van der Waals surface area contributed by atoms with Gasteiger partial charge in [0.15, 0.2) is 10.6 Å². The normalized spacial score (nSPS) is 31.7. The first-order valence-corrected chi connectivity index (χ1v) is 18.4. The quantitative estimate of drug-likeness (QED) is 0.165. The van der Waals surface area contributed by atoms with Crippen LogP contribution in [0.5, 0.6) is 0 Å². The van der Waals surface area contributed by atoms with Crippen LogP contribution in [0.2, 0.25) is 0 Å². The number of amides is 2. The maximum absolute atomic E-state index is 13.3. The molecule has 4 atom stereocenters. The maximum atomic E-state index is 13.3. The topological polar surface area (TPSA) is 92.7 Å². The summed E-state index contributed by atoms with van der Waals surface area (Å²) in [5.74, 6) is 3.12. The minimum atomic E-state index is -0.604. The van der Waals surface area contributed by atoms with Crippen LogP contribution < -0.4 is 10.6 Å². The van der Waals surface area contributed by atoms with Gasteiger partial charge in [-0.3, -0.25) is 0 Å². The minimum Gasteiger partial charge on any atom is -0.392 e. The fraction of sp³-hybridized carbons (Fsp3) is 0.459. The van der Waals surface area contributed by atoms with Gasteiger partial charge >= 0.3 is 6.03 Å². The molecular weight excluding hydrogens is 615 g/mol. The van der Waals surface area contributed by atoms with Gasteiger partial charge in [0.25, 0.3) is 0 Å². The van der Waals surface area contributed by atoms with E-state index in [4.69, 9.17) is 14.5 Å². The second kappa shape index (κ2) is 12.6. The molecule has 46 heavy (non-hydrogen) atoms. The van der Waals surface area contributed by atoms with E-state index in [0.29, 0.717) is 0 Å². The molecule has 9 rings (SSSR count). The number of aliphatic hydroxyl groups excluding tert-OH is 1. The molecule has 7 nitrogen and oxygen atoms in total. The first-order chi connectivity index (χ1) is 22.4. The zero-order valence-electron chi connectivity index (χ0n) is 26.1. The molecule has 4 bridgehead atoms. The van der Waals surface area contributed by atoms with E-state index in [9.17, 15) is 9.90 Å². The molecule has 2 amide bonds. The third-order valence-corrected chi connectivity index (χ3v) is 12.9. The molecule has 9 heteroatoms. The number of ether oxygens (including phenoxy) is 2. The smallest absolute Gasteiger partial charge is 0.319 e. The third-order valence-electron chi connectivity index (χ3n) is 10.6. The van der Waals surface area contributed by atoms with Gasteiger partial charge in [0, 0.05) is 28.5 Å². The van der Waals surface area contributed by atoms with E-state index in [1.165, 1.54) is 24.0 Å². The van der Waals surface area contributed by atoms with E-state index in [0.717, 1.165) is 75.0 Å². The lowest BCUT2D eigenvalue weighted by Gasteiger charge is -2.56. The first kappa shape index (κ1) is 30.4. The van der Waals surface area contributed by atoms with E-state index in [2.05, 4.69) is 29.7 Å². The van der Waals surface area contributed by atoms with Crippen molar-refractivity contribution >= 4 is 45.0 Å². The van der Waals surface area contributed by atoms with Gasteiger partial charge in [0.2, 0.25) is 0 Å². The Bertz CT molecular complexity index is 1640. The van der Waals surface area contributed by atoms with Crippen molar-refractivity contribution in [3.05, 3.63) is 89.5 Å². The molecule has 2 heterocycles. The molecule has 4 aromatic rings. The summed E-state index contributed by atoms with van der Waals surface area (Å²) in [6.45, 7) is 2.18. The summed E-state index contributed by atoms with van der Waals surface area (Å²) in [5.41, 5.74) is 4.49. The van der Waals surface area contributed by atoms with Crippen molar-refractivity contribution in [1.82, 2.24) is 10.3 Å². The average molecular weight is 656 g/mol. The summed E-state index contributed by atoms with van der Waals surface area (Å²) >= 11 is 3.43. The Morgan fingerprint density at radius 2 is 1.70 bits per heavy atom. The van der Waals surface area contributed by atoms with Crippen molar-refractivity contribution in [1.29, 1.82) is 0 Å². The second-order valence-electron chi connectivity index (χ2n) is 14.0. The number of anilines is 1. The average Bonchev–Trinajstić information content (AvgIpc) is 3.47. The Balaban J connectivity index is 0.997. The van der Waals surface area contributed by atoms with Crippen molar-refractivity contribution in [2.45, 2.75) is 80.4 Å². The molecule has 0 radical (unpaired) electrons. The lowest BCUT2D eigenvalue weighted by Crippen LogP contribution is -2.60. The number of aliphatic hydroxyl groups is 1. The number of carbonyl (C=O) groups excluding carboxylic acids is 1. The summed E-state index contributed by atoms with van der Waals surface area (Å²) in [4.78, 5) is 18.2. The zero-order chi connectivity index (χ0) is 31.3. The molecule has 5 fully saturated rings. The monoisotopic (exact) mass is 655 g/mol. The lowest BCUT2D eigenvalue weighted by molar-refractivity contribution is -0.268. The van der Waals surface area contributed by atoms with Crippen LogP contribution in [0.1, 0.15) is 74.5 Å². The number of aromatic nitrogens is 1. The summed E-state index contributed by atoms with van der Waals surface area (Å²) in [5, 5.41) is 16.2. The number of nitrogens with zero attached hydrogens (tertiary/aromatic N) is 1. The number of thiazole rings is 1. The van der Waals surface area contributed by atoms with Crippen LogP contribution in [-0.2, 0) is 16.1 Å². The number of urea groups is 1. The summed E-state index contributed by atoms with van der Waals surface area (Å²) in [7, 11) is 0. The molecule has 240 valence electrons. The van der Waals surface area contributed by atoms with Crippen LogP contribution in [-0.4, -0.2) is 33.5 Å². The highest BCUT2D eigenvalue weighted by atomic mass is 32.2. The number of nitrogens with one attached hydrogen (secondary N) is 2. The van der Waals surface area contributed by atoms with Gasteiger partial charge in [-0.05, 0) is 91.7 Å². The SMILES string of the molecule is C[C@H]1[C@@H](CSc2nc3ccccc3s2)O[C@@H](c2cccc(NC(=O)NC34CC5CC(CC(C5)C3)C4)c2)O[C@H]1c1ccc(CO)cc1. The Hall–Kier alpha value is -2.95. The number of para-hydroxylation sites is 1. The molecule has 4 aliphatic carbocycles. The van der Waals surface area contributed by atoms with Gasteiger partial charge < -0.3 is 25.2 Å². The minimum absolute atomic E-state index is 0.00472. The van der Waals surface area contributed by atoms with Gasteiger partial charge in [-0.2, -0.15) is 0 Å². The standard InChI is InChI=1S/C37H41N3O4S2/c1-22-31(21-45-36-39-30-7-2-3-8-32(30)46-36)43-34(44-33(22)27-11-9-23(20-41)10-12-27)28-5-4-6-29(16-28)38-35(42)40-37-17-24-13-25(18-37)15-26(14-24)19-37/h2-12,16,22,24-26,31,33-34,41H,13-15,17-21H2,1H3,(H2,38,40,42)/t22-,24?,25?,26?,31+,33+,34+,37?/m0/s1. The fourth-order valence-electron chi connectivity index (χ4n) is 8.81. The van der Waals surface area contributed by atoms with E-state index in [1.807, 2.05) is 60.7 Å². The number of thioether (sulfide) groups is 1. The largest absolute Gasteiger partial charge is 0.392 e. The van der Waals surface area contributed by atoms with Crippen LogP contribution in [0.3, 0.4) is 0 Å². The predicted octanol–water partition coefficient (Wildman–Crippen LogP) is 8.46. The molecule has 5 aliphatic rings. The van der Waals surface area contributed by atoms with Crippen molar-refractivity contribution in [2.75, 3.05) is 11.1 Å². The van der Waals surface area contributed by atoms with Crippen molar-refractivity contribution in [2.24, 2.45) is 23.7 Å². The fourth-order valence-corrected chi connectivity index (χ4v) is 11.1. The molecule has 4 saturated carbocycles. The van der Waals surface area contributed by atoms with Crippen LogP contribution in [0.25, 0.3) is 10.2 Å². The lowest BCUT2D eigenvalue weighted by atomic mass is 9.53. The van der Waals surface area contributed by atoms with Crippen molar-refractivity contribution in [3.63, 3.8) is 0 Å². The molecule has 1 aliphatic heterocycles. The van der Waals surface area contributed by atoms with Crippen LogP contribution in [0.4, 0.5) is 10.5 Å². The van der Waals surface area contributed by atoms with E-state index in [-0.39, 0.29) is 36.3 Å². The zero-order valence-corrected chi connectivity index (χ0v) is 27.7. The van der Waals surface area contributed by atoms with Crippen LogP contribution in [0.15, 0.2) is 77.1 Å². The number of hydrogen-bond acceptors (Lipinski definition) is 7. The summed E-state index contributed by atoms with van der Waals surface area (Å²) < 4.78 is 15.6. The number of fused-ring (bicyclic) bond motifs is 1. The Morgan fingerprint density at radius 3 is 2.41 bits per heavy atom. The third kappa shape index (κ3) is 6.20.